The summed E-state index contributed by atoms with van der Waals surface area (Å²) in [5.41, 5.74) is 2.53. The van der Waals surface area contributed by atoms with Crippen LogP contribution in [-0.4, -0.2) is 29.1 Å². The Morgan fingerprint density at radius 2 is 1.85 bits per heavy atom. The van der Waals surface area contributed by atoms with E-state index in [9.17, 15) is 5.11 Å². The van der Waals surface area contributed by atoms with Crippen LogP contribution in [0.15, 0.2) is 18.2 Å². The number of phenols is 1. The maximum Gasteiger partial charge on any atom is 0.119 e. The van der Waals surface area contributed by atoms with Crippen molar-refractivity contribution in [3.05, 3.63) is 29.3 Å². The van der Waals surface area contributed by atoms with Crippen LogP contribution >= 0.6 is 12.4 Å². The van der Waals surface area contributed by atoms with E-state index in [0.717, 1.165) is 6.42 Å². The van der Waals surface area contributed by atoms with Gasteiger partial charge in [-0.1, -0.05) is 32.9 Å². The van der Waals surface area contributed by atoms with Crippen LogP contribution in [0.2, 0.25) is 0 Å². The molecule has 0 spiro atoms. The fourth-order valence-electron chi connectivity index (χ4n) is 3.61. The summed E-state index contributed by atoms with van der Waals surface area (Å²) in [7, 11) is 0. The normalized spacial score (nSPS) is 21.4. The van der Waals surface area contributed by atoms with Gasteiger partial charge in [-0.25, -0.2) is 0 Å². The number of aryl methyl sites for hydroxylation is 1. The van der Waals surface area contributed by atoms with Gasteiger partial charge in [0.1, 0.15) is 5.75 Å². The Hall–Kier alpha value is -0.730. The van der Waals surface area contributed by atoms with Crippen molar-refractivity contribution in [2.45, 2.75) is 58.4 Å². The summed E-state index contributed by atoms with van der Waals surface area (Å²) >= 11 is 0. The molecule has 0 radical (unpaired) electrons. The predicted octanol–water partition coefficient (Wildman–Crippen LogP) is 4.35. The number of rotatable bonds is 5. The van der Waals surface area contributed by atoms with Gasteiger partial charge in [0.15, 0.2) is 0 Å². The van der Waals surface area contributed by atoms with E-state index in [1.54, 1.807) is 0 Å². The van der Waals surface area contributed by atoms with Crippen molar-refractivity contribution in [3.8, 4) is 5.75 Å². The van der Waals surface area contributed by atoms with Crippen molar-refractivity contribution in [1.29, 1.82) is 0 Å². The third-order valence-corrected chi connectivity index (χ3v) is 4.41. The van der Waals surface area contributed by atoms with Crippen LogP contribution in [0.4, 0.5) is 0 Å². The van der Waals surface area contributed by atoms with Crippen LogP contribution in [0.1, 0.15) is 57.1 Å². The number of hydrogen-bond donors (Lipinski definition) is 1. The van der Waals surface area contributed by atoms with E-state index in [-0.39, 0.29) is 12.4 Å². The summed E-state index contributed by atoms with van der Waals surface area (Å²) in [6, 6.07) is 6.56. The molecule has 0 unspecified atom stereocenters. The van der Waals surface area contributed by atoms with Gasteiger partial charge in [0.25, 0.3) is 0 Å². The second kappa shape index (κ2) is 7.90. The highest BCUT2D eigenvalue weighted by molar-refractivity contribution is 5.85. The molecule has 0 heterocycles. The van der Waals surface area contributed by atoms with Crippen molar-refractivity contribution < 1.29 is 5.11 Å². The first-order valence-corrected chi connectivity index (χ1v) is 7.73. The van der Waals surface area contributed by atoms with Crippen LogP contribution in [0.3, 0.4) is 0 Å². The van der Waals surface area contributed by atoms with E-state index in [1.165, 1.54) is 43.5 Å². The van der Waals surface area contributed by atoms with Crippen molar-refractivity contribution >= 4 is 12.4 Å². The molecular formula is C17H28ClNO. The molecule has 0 aliphatic heterocycles. The van der Waals surface area contributed by atoms with Crippen LogP contribution in [0.25, 0.3) is 0 Å². The van der Waals surface area contributed by atoms with Gasteiger partial charge >= 0.3 is 0 Å². The summed E-state index contributed by atoms with van der Waals surface area (Å²) in [5, 5.41) is 10.2. The minimum atomic E-state index is 0. The number of fused-ring (bicyclic) bond motifs is 1. The van der Waals surface area contributed by atoms with E-state index < -0.39 is 0 Å². The largest absolute Gasteiger partial charge is 0.508 e. The molecule has 0 bridgehead atoms. The van der Waals surface area contributed by atoms with Crippen LogP contribution < -0.4 is 0 Å². The van der Waals surface area contributed by atoms with E-state index in [2.05, 4.69) is 31.7 Å². The van der Waals surface area contributed by atoms with Gasteiger partial charge in [-0.05, 0) is 50.4 Å². The Balaban J connectivity index is 0.00000200. The lowest BCUT2D eigenvalue weighted by molar-refractivity contribution is 0.157. The van der Waals surface area contributed by atoms with Crippen LogP contribution in [0, 0.1) is 0 Å². The number of benzene rings is 1. The molecule has 2 atom stereocenters. The molecule has 0 fully saturated rings. The third-order valence-electron chi connectivity index (χ3n) is 4.41. The SMILES string of the molecule is CCCN(CCC)[C@H]1CCc2cccc(O)c2[C@H]1C.Cl. The summed E-state index contributed by atoms with van der Waals surface area (Å²) in [4.78, 5) is 2.63. The van der Waals surface area contributed by atoms with Crippen molar-refractivity contribution in [3.63, 3.8) is 0 Å². The highest BCUT2D eigenvalue weighted by Crippen LogP contribution is 2.39. The zero-order valence-corrected chi connectivity index (χ0v) is 13.7. The summed E-state index contributed by atoms with van der Waals surface area (Å²) < 4.78 is 0. The molecule has 1 N–H and O–H groups in total. The number of phenolic OH excluding ortho intramolecular Hbond substituents is 1. The average Bonchev–Trinajstić information content (AvgIpc) is 2.39. The molecule has 1 aliphatic carbocycles. The molecule has 0 saturated carbocycles. The Morgan fingerprint density at radius 1 is 1.20 bits per heavy atom. The Labute approximate surface area is 129 Å². The van der Waals surface area contributed by atoms with Gasteiger partial charge in [0.05, 0.1) is 0 Å². The van der Waals surface area contributed by atoms with Crippen LogP contribution in [-0.2, 0) is 6.42 Å². The zero-order valence-electron chi connectivity index (χ0n) is 12.9. The maximum atomic E-state index is 10.2. The lowest BCUT2D eigenvalue weighted by Gasteiger charge is -2.39. The fourth-order valence-corrected chi connectivity index (χ4v) is 3.61. The van der Waals surface area contributed by atoms with Crippen molar-refractivity contribution in [2.24, 2.45) is 0 Å². The van der Waals surface area contributed by atoms with E-state index >= 15 is 0 Å². The van der Waals surface area contributed by atoms with E-state index in [4.69, 9.17) is 0 Å². The first-order chi connectivity index (χ1) is 9.19. The highest BCUT2D eigenvalue weighted by Gasteiger charge is 2.31. The highest BCUT2D eigenvalue weighted by atomic mass is 35.5. The van der Waals surface area contributed by atoms with Gasteiger partial charge in [-0.15, -0.1) is 12.4 Å². The average molecular weight is 298 g/mol. The number of aromatic hydroxyl groups is 1. The first-order valence-electron chi connectivity index (χ1n) is 7.73. The Morgan fingerprint density at radius 3 is 2.45 bits per heavy atom. The monoisotopic (exact) mass is 297 g/mol. The molecule has 20 heavy (non-hydrogen) atoms. The Kier molecular flexibility index (Phi) is 6.84. The minimum absolute atomic E-state index is 0. The molecule has 114 valence electrons. The third kappa shape index (κ3) is 3.48. The molecule has 0 aromatic heterocycles. The summed E-state index contributed by atoms with van der Waals surface area (Å²) in [6.45, 7) is 9.13. The molecule has 1 aromatic rings. The second-order valence-corrected chi connectivity index (χ2v) is 5.78. The molecule has 1 aliphatic rings. The maximum absolute atomic E-state index is 10.2. The molecule has 1 aromatic carbocycles. The minimum Gasteiger partial charge on any atom is -0.508 e. The number of nitrogens with zero attached hydrogens (tertiary/aromatic N) is 1. The molecule has 0 saturated heterocycles. The van der Waals surface area contributed by atoms with E-state index in [0.29, 0.717) is 17.7 Å². The quantitative estimate of drug-likeness (QED) is 0.873. The lowest BCUT2D eigenvalue weighted by Crippen LogP contribution is -2.42. The van der Waals surface area contributed by atoms with Gasteiger partial charge in [-0.3, -0.25) is 4.90 Å². The van der Waals surface area contributed by atoms with Crippen LogP contribution in [0.5, 0.6) is 5.75 Å². The Bertz CT molecular complexity index is 415. The number of hydrogen-bond acceptors (Lipinski definition) is 2. The fraction of sp³-hybridized carbons (Fsp3) is 0.647. The molecule has 3 heteroatoms. The summed E-state index contributed by atoms with van der Waals surface area (Å²) in [6.07, 6.45) is 4.73. The van der Waals surface area contributed by atoms with Crippen molar-refractivity contribution in [2.75, 3.05) is 13.1 Å². The zero-order chi connectivity index (χ0) is 13.8. The van der Waals surface area contributed by atoms with Gasteiger partial charge in [0, 0.05) is 17.5 Å². The number of halogens is 1. The molecule has 0 amide bonds. The van der Waals surface area contributed by atoms with Gasteiger partial charge < -0.3 is 5.11 Å². The first kappa shape index (κ1) is 17.3. The lowest BCUT2D eigenvalue weighted by atomic mass is 9.79. The topological polar surface area (TPSA) is 23.5 Å². The molecular weight excluding hydrogens is 270 g/mol. The van der Waals surface area contributed by atoms with Crippen molar-refractivity contribution in [1.82, 2.24) is 4.90 Å². The van der Waals surface area contributed by atoms with E-state index in [1.807, 2.05) is 12.1 Å². The smallest absolute Gasteiger partial charge is 0.119 e. The van der Waals surface area contributed by atoms with Gasteiger partial charge in [-0.2, -0.15) is 0 Å². The molecule has 2 nitrogen and oxygen atoms in total. The second-order valence-electron chi connectivity index (χ2n) is 5.78. The molecule has 2 rings (SSSR count). The standard InChI is InChI=1S/C17H27NO.ClH/c1-4-11-18(12-5-2)15-10-9-14-7-6-8-16(19)17(14)13(15)3;/h6-8,13,15,19H,4-5,9-12H2,1-3H3;1H/t13-,15-;/m0./s1. The predicted molar refractivity (Wildman–Crippen MR) is 88.0 cm³/mol. The summed E-state index contributed by atoms with van der Waals surface area (Å²) in [5.74, 6) is 0.922. The van der Waals surface area contributed by atoms with Gasteiger partial charge in [0.2, 0.25) is 0 Å².